The molecular formula is C15H19F2N. The first-order chi connectivity index (χ1) is 8.74. The second-order valence-electron chi connectivity index (χ2n) is 5.70. The summed E-state index contributed by atoms with van der Waals surface area (Å²) in [6.07, 6.45) is 5.65. The molecule has 3 heteroatoms. The molecule has 2 fully saturated rings. The maximum absolute atomic E-state index is 13.6. The molecule has 2 atom stereocenters. The van der Waals surface area contributed by atoms with Crippen LogP contribution in [0.3, 0.4) is 0 Å². The van der Waals surface area contributed by atoms with Crippen molar-refractivity contribution in [2.45, 2.75) is 38.1 Å². The molecule has 2 aliphatic rings. The molecule has 18 heavy (non-hydrogen) atoms. The Labute approximate surface area is 107 Å². The van der Waals surface area contributed by atoms with Gasteiger partial charge in [0.05, 0.1) is 0 Å². The van der Waals surface area contributed by atoms with E-state index in [1.165, 1.54) is 25.3 Å². The molecule has 0 saturated heterocycles. The summed E-state index contributed by atoms with van der Waals surface area (Å²) in [6.45, 7) is 1.05. The Morgan fingerprint density at radius 3 is 2.50 bits per heavy atom. The monoisotopic (exact) mass is 251 g/mol. The first-order valence-corrected chi connectivity index (χ1v) is 6.90. The molecule has 2 saturated carbocycles. The highest BCUT2D eigenvalue weighted by molar-refractivity contribution is 5.20. The van der Waals surface area contributed by atoms with Crippen LogP contribution in [0, 0.1) is 23.5 Å². The van der Waals surface area contributed by atoms with Crippen LogP contribution in [0.5, 0.6) is 0 Å². The summed E-state index contributed by atoms with van der Waals surface area (Å²) < 4.78 is 26.7. The van der Waals surface area contributed by atoms with Crippen molar-refractivity contribution < 1.29 is 8.78 Å². The Hall–Kier alpha value is -0.960. The van der Waals surface area contributed by atoms with Crippen molar-refractivity contribution in [2.24, 2.45) is 11.8 Å². The molecule has 2 unspecified atom stereocenters. The molecule has 0 aliphatic heterocycles. The molecule has 3 rings (SSSR count). The van der Waals surface area contributed by atoms with Crippen LogP contribution in [0.15, 0.2) is 18.2 Å². The Bertz CT molecular complexity index is 429. The third kappa shape index (κ3) is 2.56. The van der Waals surface area contributed by atoms with Gasteiger partial charge in [0, 0.05) is 6.04 Å². The lowest BCUT2D eigenvalue weighted by Gasteiger charge is -2.37. The summed E-state index contributed by atoms with van der Waals surface area (Å²) in [5, 5.41) is 3.53. The van der Waals surface area contributed by atoms with Gasteiger partial charge in [-0.3, -0.25) is 0 Å². The second kappa shape index (κ2) is 4.96. The van der Waals surface area contributed by atoms with Gasteiger partial charge < -0.3 is 5.32 Å². The van der Waals surface area contributed by atoms with Crippen LogP contribution in [-0.4, -0.2) is 12.6 Å². The third-order valence-electron chi connectivity index (χ3n) is 4.33. The van der Waals surface area contributed by atoms with Crippen LogP contribution in [0.2, 0.25) is 0 Å². The van der Waals surface area contributed by atoms with Gasteiger partial charge in [-0.05, 0) is 62.1 Å². The SMILES string of the molecule is Fc1cccc(CC2CCC2CNC2CC2)c1F. The van der Waals surface area contributed by atoms with E-state index in [1.807, 2.05) is 0 Å². The van der Waals surface area contributed by atoms with Crippen LogP contribution in [0.1, 0.15) is 31.2 Å². The number of hydrogen-bond acceptors (Lipinski definition) is 1. The van der Waals surface area contributed by atoms with E-state index in [2.05, 4.69) is 5.32 Å². The highest BCUT2D eigenvalue weighted by Crippen LogP contribution is 2.37. The van der Waals surface area contributed by atoms with Crippen LogP contribution in [-0.2, 0) is 6.42 Å². The van der Waals surface area contributed by atoms with Gasteiger partial charge in [-0.2, -0.15) is 0 Å². The number of halogens is 2. The van der Waals surface area contributed by atoms with Crippen LogP contribution < -0.4 is 5.32 Å². The zero-order valence-electron chi connectivity index (χ0n) is 10.5. The van der Waals surface area contributed by atoms with Gasteiger partial charge in [-0.1, -0.05) is 12.1 Å². The fourth-order valence-corrected chi connectivity index (χ4v) is 2.77. The van der Waals surface area contributed by atoms with Crippen LogP contribution in [0.4, 0.5) is 8.78 Å². The maximum atomic E-state index is 13.6. The summed E-state index contributed by atoms with van der Waals surface area (Å²) in [5.74, 6) is -0.210. The minimum absolute atomic E-state index is 0.521. The van der Waals surface area contributed by atoms with Crippen molar-refractivity contribution in [3.05, 3.63) is 35.4 Å². The Morgan fingerprint density at radius 1 is 1.06 bits per heavy atom. The average molecular weight is 251 g/mol. The molecule has 98 valence electrons. The summed E-state index contributed by atoms with van der Waals surface area (Å²) in [4.78, 5) is 0. The number of rotatable bonds is 5. The van der Waals surface area contributed by atoms with E-state index in [0.29, 0.717) is 23.8 Å². The van der Waals surface area contributed by atoms with Gasteiger partial charge in [0.25, 0.3) is 0 Å². The van der Waals surface area contributed by atoms with E-state index in [9.17, 15) is 8.78 Å². The molecule has 0 radical (unpaired) electrons. The van der Waals surface area contributed by atoms with Crippen molar-refractivity contribution >= 4 is 0 Å². The van der Waals surface area contributed by atoms with Gasteiger partial charge in [0.1, 0.15) is 0 Å². The highest BCUT2D eigenvalue weighted by atomic mass is 19.2. The van der Waals surface area contributed by atoms with Crippen molar-refractivity contribution in [2.75, 3.05) is 6.54 Å². The van der Waals surface area contributed by atoms with Gasteiger partial charge in [0.15, 0.2) is 11.6 Å². The molecule has 1 aromatic rings. The largest absolute Gasteiger partial charge is 0.314 e. The lowest BCUT2D eigenvalue weighted by molar-refractivity contribution is 0.169. The summed E-state index contributed by atoms with van der Waals surface area (Å²) in [5.41, 5.74) is 0.538. The molecule has 0 aromatic heterocycles. The summed E-state index contributed by atoms with van der Waals surface area (Å²) >= 11 is 0. The lowest BCUT2D eigenvalue weighted by Crippen LogP contribution is -2.37. The molecule has 1 aromatic carbocycles. The minimum atomic E-state index is -0.723. The average Bonchev–Trinajstić information content (AvgIpc) is 3.14. The van der Waals surface area contributed by atoms with Crippen molar-refractivity contribution in [1.29, 1.82) is 0 Å². The predicted octanol–water partition coefficient (Wildman–Crippen LogP) is 3.29. The first kappa shape index (κ1) is 12.1. The molecule has 0 amide bonds. The fourth-order valence-electron chi connectivity index (χ4n) is 2.77. The molecule has 1 nitrogen and oxygen atoms in total. The van der Waals surface area contributed by atoms with Gasteiger partial charge in [-0.25, -0.2) is 8.78 Å². The molecule has 0 bridgehead atoms. The van der Waals surface area contributed by atoms with Crippen molar-refractivity contribution in [1.82, 2.24) is 5.32 Å². The molecule has 2 aliphatic carbocycles. The van der Waals surface area contributed by atoms with E-state index < -0.39 is 11.6 Å². The maximum Gasteiger partial charge on any atom is 0.162 e. The second-order valence-corrected chi connectivity index (χ2v) is 5.70. The standard InChI is InChI=1S/C15H19F2N/c16-14-3-1-2-11(15(14)17)8-10-4-5-12(10)9-18-13-6-7-13/h1-3,10,12-13,18H,4-9H2. The van der Waals surface area contributed by atoms with Crippen LogP contribution >= 0.6 is 0 Å². The smallest absolute Gasteiger partial charge is 0.162 e. The Balaban J connectivity index is 1.56. The molecule has 1 N–H and O–H groups in total. The first-order valence-electron chi connectivity index (χ1n) is 6.90. The predicted molar refractivity (Wildman–Crippen MR) is 67.3 cm³/mol. The van der Waals surface area contributed by atoms with Crippen molar-refractivity contribution in [3.63, 3.8) is 0 Å². The Morgan fingerprint density at radius 2 is 1.83 bits per heavy atom. The van der Waals surface area contributed by atoms with Crippen molar-refractivity contribution in [3.8, 4) is 0 Å². The number of hydrogen-bond donors (Lipinski definition) is 1. The van der Waals surface area contributed by atoms with E-state index in [1.54, 1.807) is 12.1 Å². The molecule has 0 spiro atoms. The molecule has 0 heterocycles. The summed E-state index contributed by atoms with van der Waals surface area (Å²) in [7, 11) is 0. The zero-order valence-corrected chi connectivity index (χ0v) is 10.5. The molecular weight excluding hydrogens is 232 g/mol. The fraction of sp³-hybridized carbons (Fsp3) is 0.600. The quantitative estimate of drug-likeness (QED) is 0.846. The van der Waals surface area contributed by atoms with E-state index in [-0.39, 0.29) is 0 Å². The van der Waals surface area contributed by atoms with Crippen LogP contribution in [0.25, 0.3) is 0 Å². The van der Waals surface area contributed by atoms with Gasteiger partial charge >= 0.3 is 0 Å². The minimum Gasteiger partial charge on any atom is -0.314 e. The Kier molecular flexibility index (Phi) is 3.33. The zero-order chi connectivity index (χ0) is 12.5. The van der Waals surface area contributed by atoms with E-state index in [4.69, 9.17) is 0 Å². The number of benzene rings is 1. The number of nitrogens with one attached hydrogen (secondary N) is 1. The third-order valence-corrected chi connectivity index (χ3v) is 4.33. The lowest BCUT2D eigenvalue weighted by atomic mass is 9.70. The van der Waals surface area contributed by atoms with Gasteiger partial charge in [-0.15, -0.1) is 0 Å². The summed E-state index contributed by atoms with van der Waals surface area (Å²) in [6, 6.07) is 5.23. The topological polar surface area (TPSA) is 12.0 Å². The van der Waals surface area contributed by atoms with E-state index in [0.717, 1.165) is 19.0 Å². The van der Waals surface area contributed by atoms with E-state index >= 15 is 0 Å². The normalized spacial score (nSPS) is 27.0. The van der Waals surface area contributed by atoms with Gasteiger partial charge in [0.2, 0.25) is 0 Å². The highest BCUT2D eigenvalue weighted by Gasteiger charge is 2.33.